The van der Waals surface area contributed by atoms with Crippen LogP contribution in [0.3, 0.4) is 0 Å². The first-order chi connectivity index (χ1) is 15.3. The maximum absolute atomic E-state index is 13.4. The Balaban J connectivity index is 2.50. The number of benzene rings is 2. The summed E-state index contributed by atoms with van der Waals surface area (Å²) in [5.74, 6) is -2.21. The Kier molecular flexibility index (Phi) is 8.69. The highest BCUT2D eigenvalue weighted by Crippen LogP contribution is 2.27. The molecule has 8 heteroatoms. The molecule has 2 rings (SSSR count). The van der Waals surface area contributed by atoms with E-state index in [4.69, 9.17) is 14.2 Å². The van der Waals surface area contributed by atoms with Gasteiger partial charge in [-0.2, -0.15) is 0 Å². The van der Waals surface area contributed by atoms with Gasteiger partial charge in [-0.25, -0.2) is 4.79 Å². The first kappa shape index (κ1) is 24.8. The number of esters is 1. The Morgan fingerprint density at radius 2 is 1.72 bits per heavy atom. The quantitative estimate of drug-likeness (QED) is 0.446. The molecule has 8 nitrogen and oxygen atoms in total. The Morgan fingerprint density at radius 1 is 1.09 bits per heavy atom. The minimum atomic E-state index is -2.15. The standard InChI is InChI=1S/C24H27NO7/c1-5-21(27)25(22(28)19-11-13-20(30-3)14-12-19)24(17(2)26,23(29)31-4)16-32-15-18-9-7-6-8-10-18/h5-14,17,26H,1,15-16H2,2-4H3/t17-,24-/m1/s1. The van der Waals surface area contributed by atoms with Crippen molar-refractivity contribution >= 4 is 17.8 Å². The van der Waals surface area contributed by atoms with Crippen molar-refractivity contribution in [3.63, 3.8) is 0 Å². The number of hydrogen-bond acceptors (Lipinski definition) is 7. The van der Waals surface area contributed by atoms with Gasteiger partial charge in [0.05, 0.1) is 33.5 Å². The molecular weight excluding hydrogens is 414 g/mol. The minimum Gasteiger partial charge on any atom is -0.497 e. The van der Waals surface area contributed by atoms with E-state index in [1.165, 1.54) is 38.3 Å². The fourth-order valence-electron chi connectivity index (χ4n) is 3.20. The van der Waals surface area contributed by atoms with E-state index < -0.39 is 36.0 Å². The smallest absolute Gasteiger partial charge is 0.337 e. The van der Waals surface area contributed by atoms with E-state index in [0.717, 1.165) is 18.7 Å². The van der Waals surface area contributed by atoms with Crippen LogP contribution in [0.5, 0.6) is 5.75 Å². The van der Waals surface area contributed by atoms with Gasteiger partial charge in [-0.3, -0.25) is 14.5 Å². The zero-order valence-electron chi connectivity index (χ0n) is 18.3. The van der Waals surface area contributed by atoms with E-state index >= 15 is 0 Å². The molecule has 2 aromatic carbocycles. The van der Waals surface area contributed by atoms with Crippen molar-refractivity contribution in [3.05, 3.63) is 78.4 Å². The van der Waals surface area contributed by atoms with Gasteiger partial charge in [-0.05, 0) is 42.8 Å². The maximum Gasteiger partial charge on any atom is 0.337 e. The van der Waals surface area contributed by atoms with E-state index in [9.17, 15) is 19.5 Å². The van der Waals surface area contributed by atoms with Crippen LogP contribution in [-0.2, 0) is 25.7 Å². The average molecular weight is 441 g/mol. The van der Waals surface area contributed by atoms with Crippen LogP contribution in [-0.4, -0.2) is 60.3 Å². The third-order valence-electron chi connectivity index (χ3n) is 5.00. The van der Waals surface area contributed by atoms with Gasteiger partial charge in [0.2, 0.25) is 0 Å². The van der Waals surface area contributed by atoms with E-state index in [1.54, 1.807) is 0 Å². The molecule has 0 aromatic heterocycles. The summed E-state index contributed by atoms with van der Waals surface area (Å²) in [6, 6.07) is 15.1. The fraction of sp³-hybridized carbons (Fsp3) is 0.292. The van der Waals surface area contributed by atoms with Gasteiger partial charge in [0, 0.05) is 5.56 Å². The molecule has 1 N–H and O–H groups in total. The third kappa shape index (κ3) is 5.22. The zero-order chi connectivity index (χ0) is 23.7. The van der Waals surface area contributed by atoms with Crippen LogP contribution in [0.4, 0.5) is 0 Å². The van der Waals surface area contributed by atoms with Crippen molar-refractivity contribution in [2.24, 2.45) is 0 Å². The summed E-state index contributed by atoms with van der Waals surface area (Å²) < 4.78 is 15.7. The second kappa shape index (κ2) is 11.2. The van der Waals surface area contributed by atoms with Crippen LogP contribution < -0.4 is 4.74 Å². The van der Waals surface area contributed by atoms with Gasteiger partial charge >= 0.3 is 5.97 Å². The first-order valence-corrected chi connectivity index (χ1v) is 9.85. The number of ether oxygens (including phenoxy) is 3. The number of rotatable bonds is 10. The zero-order valence-corrected chi connectivity index (χ0v) is 18.3. The van der Waals surface area contributed by atoms with E-state index in [1.807, 2.05) is 30.3 Å². The lowest BCUT2D eigenvalue weighted by atomic mass is 9.90. The number of aliphatic hydroxyl groups excluding tert-OH is 1. The molecule has 2 aromatic rings. The lowest BCUT2D eigenvalue weighted by molar-refractivity contribution is -0.172. The molecule has 0 unspecified atom stereocenters. The first-order valence-electron chi connectivity index (χ1n) is 9.85. The van der Waals surface area contributed by atoms with Crippen LogP contribution in [0.25, 0.3) is 0 Å². The lowest BCUT2D eigenvalue weighted by Crippen LogP contribution is -2.67. The van der Waals surface area contributed by atoms with Gasteiger partial charge in [0.15, 0.2) is 5.54 Å². The Hall–Kier alpha value is -3.49. The summed E-state index contributed by atoms with van der Waals surface area (Å²) in [6.07, 6.45) is -0.629. The van der Waals surface area contributed by atoms with Crippen LogP contribution >= 0.6 is 0 Å². The van der Waals surface area contributed by atoms with Crippen LogP contribution in [0.1, 0.15) is 22.8 Å². The van der Waals surface area contributed by atoms with Crippen LogP contribution in [0, 0.1) is 0 Å². The lowest BCUT2D eigenvalue weighted by Gasteiger charge is -2.41. The number of aliphatic hydroxyl groups is 1. The molecule has 0 fully saturated rings. The molecule has 0 spiro atoms. The van der Waals surface area contributed by atoms with E-state index in [-0.39, 0.29) is 12.2 Å². The van der Waals surface area contributed by atoms with Crippen LogP contribution in [0.15, 0.2) is 67.3 Å². The fourth-order valence-corrected chi connectivity index (χ4v) is 3.20. The average Bonchev–Trinajstić information content (AvgIpc) is 2.82. The third-order valence-corrected chi connectivity index (χ3v) is 5.00. The topological polar surface area (TPSA) is 102 Å². The molecule has 0 radical (unpaired) electrons. The highest BCUT2D eigenvalue weighted by Gasteiger charge is 2.54. The number of imide groups is 1. The molecule has 0 saturated carbocycles. The van der Waals surface area contributed by atoms with Crippen molar-refractivity contribution in [1.29, 1.82) is 0 Å². The number of amides is 2. The van der Waals surface area contributed by atoms with Crippen molar-refractivity contribution in [2.75, 3.05) is 20.8 Å². The summed E-state index contributed by atoms with van der Waals surface area (Å²) >= 11 is 0. The number of hydrogen-bond donors (Lipinski definition) is 1. The molecule has 0 bridgehead atoms. The van der Waals surface area contributed by atoms with Crippen molar-refractivity contribution in [1.82, 2.24) is 4.90 Å². The number of carbonyl (C=O) groups excluding carboxylic acids is 3. The van der Waals surface area contributed by atoms with Gasteiger partial charge in [0.1, 0.15) is 5.75 Å². The highest BCUT2D eigenvalue weighted by atomic mass is 16.5. The maximum atomic E-state index is 13.4. The van der Waals surface area contributed by atoms with Gasteiger partial charge in [0.25, 0.3) is 11.8 Å². The normalized spacial score (nSPS) is 13.4. The SMILES string of the molecule is C=CC(=O)N(C(=O)c1ccc(OC)cc1)[C@@](COCc1ccccc1)(C(=O)OC)[C@@H](C)O. The summed E-state index contributed by atoms with van der Waals surface area (Å²) in [5, 5.41) is 10.7. The Bertz CT molecular complexity index is 941. The van der Waals surface area contributed by atoms with Gasteiger partial charge in [-0.15, -0.1) is 0 Å². The molecule has 0 heterocycles. The second-order valence-electron chi connectivity index (χ2n) is 6.98. The van der Waals surface area contributed by atoms with Crippen molar-refractivity contribution in [3.8, 4) is 5.75 Å². The molecule has 2 atom stereocenters. The van der Waals surface area contributed by atoms with Crippen molar-refractivity contribution < 1.29 is 33.7 Å². The summed E-state index contributed by atoms with van der Waals surface area (Å²) in [4.78, 5) is 39.8. The molecule has 32 heavy (non-hydrogen) atoms. The molecule has 0 saturated heterocycles. The van der Waals surface area contributed by atoms with E-state index in [0.29, 0.717) is 10.6 Å². The largest absolute Gasteiger partial charge is 0.497 e. The molecule has 0 aliphatic rings. The second-order valence-corrected chi connectivity index (χ2v) is 6.98. The minimum absolute atomic E-state index is 0.0825. The number of nitrogens with zero attached hydrogens (tertiary/aromatic N) is 1. The molecule has 2 amide bonds. The number of carbonyl (C=O) groups is 3. The molecular formula is C24H27NO7. The molecule has 170 valence electrons. The van der Waals surface area contributed by atoms with Gasteiger partial charge < -0.3 is 19.3 Å². The predicted molar refractivity (Wildman–Crippen MR) is 117 cm³/mol. The Labute approximate surface area is 187 Å². The summed E-state index contributed by atoms with van der Waals surface area (Å²) in [7, 11) is 2.58. The van der Waals surface area contributed by atoms with Crippen molar-refractivity contribution in [2.45, 2.75) is 25.2 Å². The molecule has 0 aliphatic carbocycles. The predicted octanol–water partition coefficient (Wildman–Crippen LogP) is 2.36. The summed E-state index contributed by atoms with van der Waals surface area (Å²) in [5.41, 5.74) is -1.25. The van der Waals surface area contributed by atoms with E-state index in [2.05, 4.69) is 6.58 Å². The van der Waals surface area contributed by atoms with Gasteiger partial charge in [-0.1, -0.05) is 36.9 Å². The van der Waals surface area contributed by atoms with Crippen LogP contribution in [0.2, 0.25) is 0 Å². The highest BCUT2D eigenvalue weighted by molar-refractivity contribution is 6.11. The monoisotopic (exact) mass is 441 g/mol. The number of methoxy groups -OCH3 is 2. The molecule has 0 aliphatic heterocycles. The Morgan fingerprint density at radius 3 is 2.22 bits per heavy atom. The summed E-state index contributed by atoms with van der Waals surface area (Å²) in [6.45, 7) is 4.31.